The highest BCUT2D eigenvalue weighted by molar-refractivity contribution is 7.89. The van der Waals surface area contributed by atoms with Crippen molar-refractivity contribution in [3.05, 3.63) is 40.2 Å². The Hall–Kier alpha value is -2.23. The number of amides is 1. The SMILES string of the molecule is CCCCN(CCCC)CCNC(=O)c1cc(=O)[nH]c2ccc(S(=O)(=O)N3CCCCC3C)cc12. The summed E-state index contributed by atoms with van der Waals surface area (Å²) in [5.41, 5.74) is 0.248. The average Bonchev–Trinajstić information content (AvgIpc) is 2.84. The maximum atomic E-state index is 13.4. The second-order valence-corrected chi connectivity index (χ2v) is 11.4. The summed E-state index contributed by atoms with van der Waals surface area (Å²) in [7, 11) is -3.70. The molecule has 0 bridgehead atoms. The predicted octanol–water partition coefficient (Wildman–Crippen LogP) is 3.72. The molecule has 1 unspecified atom stereocenters. The van der Waals surface area contributed by atoms with Gasteiger partial charge in [0, 0.05) is 42.6 Å². The monoisotopic (exact) mass is 504 g/mol. The maximum absolute atomic E-state index is 13.4. The summed E-state index contributed by atoms with van der Waals surface area (Å²) in [4.78, 5) is 30.5. The van der Waals surface area contributed by atoms with Crippen molar-refractivity contribution in [3.63, 3.8) is 0 Å². The number of benzene rings is 1. The van der Waals surface area contributed by atoms with Crippen LogP contribution >= 0.6 is 0 Å². The third-order valence-corrected chi connectivity index (χ3v) is 8.79. The van der Waals surface area contributed by atoms with E-state index in [1.807, 2.05) is 6.92 Å². The van der Waals surface area contributed by atoms with Gasteiger partial charge in [-0.25, -0.2) is 8.42 Å². The van der Waals surface area contributed by atoms with Crippen LogP contribution in [0.1, 0.15) is 76.1 Å². The first-order chi connectivity index (χ1) is 16.8. The molecule has 1 aromatic carbocycles. The fourth-order valence-electron chi connectivity index (χ4n) is 4.67. The number of nitrogens with zero attached hydrogens (tertiary/aromatic N) is 2. The number of sulfonamides is 1. The minimum absolute atomic E-state index is 0.0637. The van der Waals surface area contributed by atoms with Crippen LogP contribution < -0.4 is 10.9 Å². The van der Waals surface area contributed by atoms with Gasteiger partial charge in [0.1, 0.15) is 0 Å². The summed E-state index contributed by atoms with van der Waals surface area (Å²) in [5, 5.41) is 3.37. The molecule has 1 aromatic heterocycles. The van der Waals surface area contributed by atoms with E-state index in [2.05, 4.69) is 29.0 Å². The number of H-pyrrole nitrogens is 1. The van der Waals surface area contributed by atoms with E-state index in [1.165, 1.54) is 18.2 Å². The lowest BCUT2D eigenvalue weighted by Gasteiger charge is -2.32. The van der Waals surface area contributed by atoms with Crippen molar-refractivity contribution in [2.45, 2.75) is 76.7 Å². The molecule has 8 nitrogen and oxygen atoms in total. The van der Waals surface area contributed by atoms with Crippen molar-refractivity contribution < 1.29 is 13.2 Å². The molecular formula is C26H40N4O4S. The molecule has 1 atom stereocenters. The highest BCUT2D eigenvalue weighted by Gasteiger charge is 2.31. The van der Waals surface area contributed by atoms with Gasteiger partial charge in [-0.05, 0) is 63.9 Å². The fraction of sp³-hybridized carbons (Fsp3) is 0.615. The van der Waals surface area contributed by atoms with Crippen LogP contribution in [0.5, 0.6) is 0 Å². The quantitative estimate of drug-likeness (QED) is 0.459. The molecule has 2 heterocycles. The van der Waals surface area contributed by atoms with Gasteiger partial charge in [-0.2, -0.15) is 4.31 Å². The van der Waals surface area contributed by atoms with E-state index in [9.17, 15) is 18.0 Å². The van der Waals surface area contributed by atoms with Gasteiger partial charge >= 0.3 is 0 Å². The number of piperidine rings is 1. The first kappa shape index (κ1) is 27.4. The Morgan fingerprint density at radius 3 is 2.49 bits per heavy atom. The van der Waals surface area contributed by atoms with E-state index in [0.717, 1.165) is 64.6 Å². The number of hydrogen-bond acceptors (Lipinski definition) is 5. The Morgan fingerprint density at radius 1 is 1.11 bits per heavy atom. The largest absolute Gasteiger partial charge is 0.351 e. The Kier molecular flexibility index (Phi) is 9.89. The van der Waals surface area contributed by atoms with Crippen LogP contribution in [0.2, 0.25) is 0 Å². The van der Waals surface area contributed by atoms with Crippen molar-refractivity contribution in [1.82, 2.24) is 19.5 Å². The number of fused-ring (bicyclic) bond motifs is 1. The molecule has 0 spiro atoms. The molecule has 1 aliphatic rings. The minimum Gasteiger partial charge on any atom is -0.351 e. The number of rotatable bonds is 12. The van der Waals surface area contributed by atoms with Crippen LogP contribution in [0.3, 0.4) is 0 Å². The van der Waals surface area contributed by atoms with E-state index >= 15 is 0 Å². The second kappa shape index (κ2) is 12.6. The number of pyridine rings is 1. The minimum atomic E-state index is -3.70. The van der Waals surface area contributed by atoms with Gasteiger partial charge in [0.2, 0.25) is 15.6 Å². The normalized spacial score (nSPS) is 17.2. The van der Waals surface area contributed by atoms with Gasteiger partial charge in [-0.3, -0.25) is 9.59 Å². The van der Waals surface area contributed by atoms with E-state index in [0.29, 0.717) is 24.0 Å². The van der Waals surface area contributed by atoms with E-state index < -0.39 is 15.6 Å². The maximum Gasteiger partial charge on any atom is 0.252 e. The first-order valence-electron chi connectivity index (χ1n) is 13.0. The lowest BCUT2D eigenvalue weighted by Crippen LogP contribution is -2.41. The molecular weight excluding hydrogens is 464 g/mol. The topological polar surface area (TPSA) is 103 Å². The Labute approximate surface area is 209 Å². The van der Waals surface area contributed by atoms with Crippen LogP contribution in [0, 0.1) is 0 Å². The van der Waals surface area contributed by atoms with Crippen molar-refractivity contribution >= 4 is 26.8 Å². The zero-order valence-electron chi connectivity index (χ0n) is 21.3. The van der Waals surface area contributed by atoms with Gasteiger partial charge in [0.05, 0.1) is 10.5 Å². The van der Waals surface area contributed by atoms with E-state index in [4.69, 9.17) is 0 Å². The Balaban J connectivity index is 1.82. The zero-order valence-corrected chi connectivity index (χ0v) is 22.1. The molecule has 1 saturated heterocycles. The molecule has 2 N–H and O–H groups in total. The van der Waals surface area contributed by atoms with Gasteiger partial charge in [0.25, 0.3) is 5.91 Å². The number of nitrogens with one attached hydrogen (secondary N) is 2. The summed E-state index contributed by atoms with van der Waals surface area (Å²) in [6.07, 6.45) is 7.16. The molecule has 9 heteroatoms. The molecule has 2 aromatic rings. The summed E-state index contributed by atoms with van der Waals surface area (Å²) in [6, 6.07) is 5.79. The van der Waals surface area contributed by atoms with Crippen molar-refractivity contribution in [1.29, 1.82) is 0 Å². The Morgan fingerprint density at radius 2 is 1.83 bits per heavy atom. The number of carbonyl (C=O) groups excluding carboxylic acids is 1. The number of aromatic amines is 1. The van der Waals surface area contributed by atoms with Gasteiger partial charge in [-0.1, -0.05) is 33.1 Å². The number of carbonyl (C=O) groups is 1. The average molecular weight is 505 g/mol. The first-order valence-corrected chi connectivity index (χ1v) is 14.4. The molecule has 1 amide bonds. The van der Waals surface area contributed by atoms with E-state index in [1.54, 1.807) is 10.4 Å². The van der Waals surface area contributed by atoms with Crippen LogP contribution in [-0.4, -0.2) is 67.3 Å². The van der Waals surface area contributed by atoms with Gasteiger partial charge in [0.15, 0.2) is 0 Å². The highest BCUT2D eigenvalue weighted by atomic mass is 32.2. The molecule has 35 heavy (non-hydrogen) atoms. The van der Waals surface area contributed by atoms with Crippen LogP contribution in [-0.2, 0) is 10.0 Å². The van der Waals surface area contributed by atoms with Gasteiger partial charge < -0.3 is 15.2 Å². The van der Waals surface area contributed by atoms with Crippen molar-refractivity contribution in [3.8, 4) is 0 Å². The molecule has 1 aliphatic heterocycles. The fourth-order valence-corrected chi connectivity index (χ4v) is 6.39. The third kappa shape index (κ3) is 6.92. The predicted molar refractivity (Wildman–Crippen MR) is 140 cm³/mol. The van der Waals surface area contributed by atoms with Crippen molar-refractivity contribution in [2.24, 2.45) is 0 Å². The summed E-state index contributed by atoms with van der Waals surface area (Å²) < 4.78 is 28.3. The molecule has 0 saturated carbocycles. The van der Waals surface area contributed by atoms with Crippen molar-refractivity contribution in [2.75, 3.05) is 32.7 Å². The lowest BCUT2D eigenvalue weighted by atomic mass is 10.1. The molecule has 0 radical (unpaired) electrons. The smallest absolute Gasteiger partial charge is 0.252 e. The van der Waals surface area contributed by atoms with Crippen LogP contribution in [0.4, 0.5) is 0 Å². The molecule has 1 fully saturated rings. The molecule has 194 valence electrons. The van der Waals surface area contributed by atoms with Crippen LogP contribution in [0.15, 0.2) is 34.0 Å². The number of unbranched alkanes of at least 4 members (excludes halogenated alkanes) is 2. The molecule has 3 rings (SSSR count). The van der Waals surface area contributed by atoms with Crippen LogP contribution in [0.25, 0.3) is 10.9 Å². The zero-order chi connectivity index (χ0) is 25.4. The lowest BCUT2D eigenvalue weighted by molar-refractivity contribution is 0.0949. The second-order valence-electron chi connectivity index (χ2n) is 9.52. The highest BCUT2D eigenvalue weighted by Crippen LogP contribution is 2.27. The molecule has 0 aliphatic carbocycles. The van der Waals surface area contributed by atoms with Gasteiger partial charge in [-0.15, -0.1) is 0 Å². The Bertz CT molecular complexity index is 1150. The standard InChI is InChI=1S/C26H40N4O4S/c1-4-6-14-29(15-7-5-2)17-13-27-26(32)23-19-25(31)28-24-12-11-21(18-22(23)24)35(33,34)30-16-9-8-10-20(30)3/h11-12,18-20H,4-10,13-17H2,1-3H3,(H,27,32)(H,28,31). The van der Waals surface area contributed by atoms with E-state index in [-0.39, 0.29) is 22.4 Å². The number of aromatic nitrogens is 1. The number of hydrogen-bond donors (Lipinski definition) is 2. The summed E-state index contributed by atoms with van der Waals surface area (Å²) in [5.74, 6) is -0.368. The summed E-state index contributed by atoms with van der Waals surface area (Å²) in [6.45, 7) is 9.94. The third-order valence-electron chi connectivity index (χ3n) is 6.78. The summed E-state index contributed by atoms with van der Waals surface area (Å²) >= 11 is 0.